The Morgan fingerprint density at radius 1 is 1.21 bits per heavy atom. The van der Waals surface area contributed by atoms with Crippen LogP contribution in [0.5, 0.6) is 11.5 Å². The van der Waals surface area contributed by atoms with Gasteiger partial charge in [-0.2, -0.15) is 0 Å². The van der Waals surface area contributed by atoms with Crippen LogP contribution in [0.25, 0.3) is 0 Å². The molecular formula is C18H17Cl2NO3. The summed E-state index contributed by atoms with van der Waals surface area (Å²) in [6.07, 6.45) is -0.234. The molecule has 0 fully saturated rings. The van der Waals surface area contributed by atoms with Crippen LogP contribution in [-0.4, -0.2) is 36.6 Å². The summed E-state index contributed by atoms with van der Waals surface area (Å²) in [6, 6.07) is 12.4. The van der Waals surface area contributed by atoms with Crippen molar-refractivity contribution in [3.8, 4) is 11.5 Å². The molecule has 1 heterocycles. The predicted octanol–water partition coefficient (Wildman–Crippen LogP) is 4.30. The highest BCUT2D eigenvalue weighted by molar-refractivity contribution is 6.35. The van der Waals surface area contributed by atoms with Crippen LogP contribution in [0.3, 0.4) is 0 Å². The number of carbonyl (C=O) groups excluding carboxylic acids is 1. The monoisotopic (exact) mass is 365 g/mol. The highest BCUT2D eigenvalue weighted by Gasteiger charge is 2.26. The van der Waals surface area contributed by atoms with Gasteiger partial charge in [0.2, 0.25) is 0 Å². The molecule has 1 atom stereocenters. The first-order chi connectivity index (χ1) is 11.6. The molecule has 3 rings (SSSR count). The van der Waals surface area contributed by atoms with Crippen LogP contribution >= 0.6 is 23.2 Å². The highest BCUT2D eigenvalue weighted by Crippen LogP contribution is 2.31. The lowest BCUT2D eigenvalue weighted by Crippen LogP contribution is -2.43. The molecule has 1 amide bonds. The van der Waals surface area contributed by atoms with Gasteiger partial charge in [0.05, 0.1) is 17.1 Å². The van der Waals surface area contributed by atoms with Gasteiger partial charge >= 0.3 is 0 Å². The van der Waals surface area contributed by atoms with Crippen LogP contribution < -0.4 is 9.47 Å². The van der Waals surface area contributed by atoms with Gasteiger partial charge in [-0.05, 0) is 37.3 Å². The second kappa shape index (κ2) is 7.32. The molecular weight excluding hydrogens is 349 g/mol. The molecule has 0 saturated carbocycles. The van der Waals surface area contributed by atoms with Crippen molar-refractivity contribution < 1.29 is 14.3 Å². The van der Waals surface area contributed by atoms with Crippen molar-refractivity contribution in [3.05, 3.63) is 58.1 Å². The zero-order valence-electron chi connectivity index (χ0n) is 13.2. The van der Waals surface area contributed by atoms with Gasteiger partial charge in [-0.15, -0.1) is 0 Å². The molecule has 0 aromatic heterocycles. The topological polar surface area (TPSA) is 38.8 Å². The van der Waals surface area contributed by atoms with Crippen LogP contribution in [0.4, 0.5) is 0 Å². The molecule has 2 aromatic rings. The lowest BCUT2D eigenvalue weighted by molar-refractivity contribution is 0.0475. The minimum absolute atomic E-state index is 0.174. The maximum atomic E-state index is 12.8. The Morgan fingerprint density at radius 3 is 2.71 bits per heavy atom. The van der Waals surface area contributed by atoms with Crippen LogP contribution in [0.2, 0.25) is 10.0 Å². The summed E-state index contributed by atoms with van der Waals surface area (Å²) in [5, 5.41) is 0.860. The first-order valence-corrected chi connectivity index (χ1v) is 8.47. The molecule has 6 heteroatoms. The molecule has 1 aliphatic heterocycles. The molecule has 1 aliphatic rings. The summed E-state index contributed by atoms with van der Waals surface area (Å²) in [5.41, 5.74) is 0.392. The number of ether oxygens (including phenoxy) is 2. The lowest BCUT2D eigenvalue weighted by atomic mass is 10.2. The van der Waals surface area contributed by atoms with Crippen molar-refractivity contribution in [2.75, 3.05) is 19.7 Å². The zero-order chi connectivity index (χ0) is 17.1. The summed E-state index contributed by atoms with van der Waals surface area (Å²) in [5.74, 6) is 1.24. The fourth-order valence-corrected chi connectivity index (χ4v) is 2.96. The third kappa shape index (κ3) is 3.60. The summed E-state index contributed by atoms with van der Waals surface area (Å²) in [4.78, 5) is 14.4. The van der Waals surface area contributed by atoms with E-state index in [-0.39, 0.29) is 12.0 Å². The summed E-state index contributed by atoms with van der Waals surface area (Å²) >= 11 is 12.1. The van der Waals surface area contributed by atoms with Gasteiger partial charge in [0.25, 0.3) is 5.91 Å². The van der Waals surface area contributed by atoms with E-state index in [1.807, 2.05) is 31.2 Å². The molecule has 0 N–H and O–H groups in total. The van der Waals surface area contributed by atoms with E-state index in [4.69, 9.17) is 32.7 Å². The lowest BCUT2D eigenvalue weighted by Gasteiger charge is -2.31. The Bertz CT molecular complexity index is 751. The van der Waals surface area contributed by atoms with Crippen LogP contribution in [0.1, 0.15) is 17.3 Å². The zero-order valence-corrected chi connectivity index (χ0v) is 14.7. The Balaban J connectivity index is 1.73. The van der Waals surface area contributed by atoms with Crippen molar-refractivity contribution in [2.45, 2.75) is 13.0 Å². The molecule has 0 spiro atoms. The van der Waals surface area contributed by atoms with Gasteiger partial charge in [-0.3, -0.25) is 4.79 Å². The maximum Gasteiger partial charge on any atom is 0.255 e. The number of hydrogen-bond donors (Lipinski definition) is 0. The number of carbonyl (C=O) groups is 1. The quantitative estimate of drug-likeness (QED) is 0.810. The largest absolute Gasteiger partial charge is 0.486 e. The summed E-state index contributed by atoms with van der Waals surface area (Å²) in [6.45, 7) is 3.24. The minimum atomic E-state index is -0.234. The SMILES string of the molecule is CCN(CC1COc2ccccc2O1)C(=O)c1cc(Cl)ccc1Cl. The number of likely N-dealkylation sites (N-methyl/N-ethyl adjacent to an activating group) is 1. The van der Waals surface area contributed by atoms with E-state index in [0.29, 0.717) is 41.1 Å². The van der Waals surface area contributed by atoms with E-state index in [9.17, 15) is 4.79 Å². The number of halogens is 2. The number of nitrogens with zero attached hydrogens (tertiary/aromatic N) is 1. The Hall–Kier alpha value is -1.91. The fourth-order valence-electron chi connectivity index (χ4n) is 2.59. The van der Waals surface area contributed by atoms with Crippen LogP contribution in [-0.2, 0) is 0 Å². The van der Waals surface area contributed by atoms with Gasteiger partial charge in [0.15, 0.2) is 17.6 Å². The van der Waals surface area contributed by atoms with E-state index in [1.165, 1.54) is 0 Å². The first kappa shape index (κ1) is 16.9. The number of amides is 1. The Labute approximate surface area is 150 Å². The van der Waals surface area contributed by atoms with Crippen molar-refractivity contribution in [3.63, 3.8) is 0 Å². The molecule has 2 aromatic carbocycles. The van der Waals surface area contributed by atoms with Gasteiger partial charge in [-0.1, -0.05) is 35.3 Å². The highest BCUT2D eigenvalue weighted by atomic mass is 35.5. The number of fused-ring (bicyclic) bond motifs is 1. The van der Waals surface area contributed by atoms with Crippen LogP contribution in [0, 0.1) is 0 Å². The second-order valence-electron chi connectivity index (χ2n) is 5.47. The number of hydrogen-bond acceptors (Lipinski definition) is 3. The third-order valence-electron chi connectivity index (χ3n) is 3.82. The molecule has 0 saturated heterocycles. The number of para-hydroxylation sites is 2. The van der Waals surface area contributed by atoms with Gasteiger partial charge in [0.1, 0.15) is 6.61 Å². The van der Waals surface area contributed by atoms with E-state index in [0.717, 1.165) is 5.75 Å². The summed E-state index contributed by atoms with van der Waals surface area (Å²) in [7, 11) is 0. The smallest absolute Gasteiger partial charge is 0.255 e. The van der Waals surface area contributed by atoms with Gasteiger partial charge < -0.3 is 14.4 Å². The average Bonchev–Trinajstić information content (AvgIpc) is 2.61. The Kier molecular flexibility index (Phi) is 5.17. The molecule has 0 radical (unpaired) electrons. The second-order valence-corrected chi connectivity index (χ2v) is 6.31. The van der Waals surface area contributed by atoms with Gasteiger partial charge in [-0.25, -0.2) is 0 Å². The predicted molar refractivity (Wildman–Crippen MR) is 94.4 cm³/mol. The number of rotatable bonds is 4. The standard InChI is InChI=1S/C18H17Cl2NO3/c1-2-21(18(22)14-9-12(19)7-8-15(14)20)10-13-11-23-16-5-3-4-6-17(16)24-13/h3-9,13H,2,10-11H2,1H3. The molecule has 0 aliphatic carbocycles. The van der Waals surface area contributed by atoms with Crippen molar-refractivity contribution in [1.82, 2.24) is 4.90 Å². The molecule has 24 heavy (non-hydrogen) atoms. The van der Waals surface area contributed by atoms with E-state index < -0.39 is 0 Å². The van der Waals surface area contributed by atoms with E-state index in [1.54, 1.807) is 23.1 Å². The van der Waals surface area contributed by atoms with Crippen molar-refractivity contribution in [2.24, 2.45) is 0 Å². The average molecular weight is 366 g/mol. The maximum absolute atomic E-state index is 12.8. The van der Waals surface area contributed by atoms with E-state index >= 15 is 0 Å². The fraction of sp³-hybridized carbons (Fsp3) is 0.278. The normalized spacial score (nSPS) is 15.9. The molecule has 1 unspecified atom stereocenters. The number of benzene rings is 2. The minimum Gasteiger partial charge on any atom is -0.486 e. The molecule has 0 bridgehead atoms. The first-order valence-electron chi connectivity index (χ1n) is 7.71. The van der Waals surface area contributed by atoms with Crippen LogP contribution in [0.15, 0.2) is 42.5 Å². The van der Waals surface area contributed by atoms with Crippen molar-refractivity contribution >= 4 is 29.1 Å². The summed E-state index contributed by atoms with van der Waals surface area (Å²) < 4.78 is 11.6. The third-order valence-corrected chi connectivity index (χ3v) is 4.38. The van der Waals surface area contributed by atoms with Gasteiger partial charge in [0, 0.05) is 11.6 Å². The molecule has 4 nitrogen and oxygen atoms in total. The molecule has 126 valence electrons. The van der Waals surface area contributed by atoms with E-state index in [2.05, 4.69) is 0 Å². The van der Waals surface area contributed by atoms with Crippen molar-refractivity contribution in [1.29, 1.82) is 0 Å². The Morgan fingerprint density at radius 2 is 1.96 bits per heavy atom.